The number of hydrogen-bond donors (Lipinski definition) is 1. The number of carbonyl (C=O) groups is 2. The molecule has 9 heteroatoms. The SMILES string of the molecule is C=CCn1c(C)c(C(=O)OCC)s/c1=N/NC(=O)c1ccc(Br)cc1.Cl. The lowest BCUT2D eigenvalue weighted by molar-refractivity contribution is 0.0530. The lowest BCUT2D eigenvalue weighted by atomic mass is 10.2. The van der Waals surface area contributed by atoms with Crippen LogP contribution in [0.3, 0.4) is 0 Å². The Labute approximate surface area is 170 Å². The molecule has 1 heterocycles. The molecule has 0 unspecified atom stereocenters. The number of allylic oxidation sites excluding steroid dienone is 1. The van der Waals surface area contributed by atoms with Crippen molar-refractivity contribution < 1.29 is 14.3 Å². The van der Waals surface area contributed by atoms with E-state index >= 15 is 0 Å². The average Bonchev–Trinajstić information content (AvgIpc) is 2.90. The largest absolute Gasteiger partial charge is 0.462 e. The highest BCUT2D eigenvalue weighted by molar-refractivity contribution is 9.10. The van der Waals surface area contributed by atoms with E-state index in [-0.39, 0.29) is 18.3 Å². The fraction of sp³-hybridized carbons (Fsp3) is 0.235. The maximum atomic E-state index is 12.2. The topological polar surface area (TPSA) is 72.7 Å². The van der Waals surface area contributed by atoms with E-state index < -0.39 is 5.97 Å². The number of nitrogens with one attached hydrogen (secondary N) is 1. The highest BCUT2D eigenvalue weighted by atomic mass is 79.9. The second kappa shape index (κ2) is 10.3. The van der Waals surface area contributed by atoms with Crippen LogP contribution in [0, 0.1) is 6.92 Å². The highest BCUT2D eigenvalue weighted by Crippen LogP contribution is 2.14. The lowest BCUT2D eigenvalue weighted by Gasteiger charge is -2.04. The molecule has 1 aromatic heterocycles. The van der Waals surface area contributed by atoms with Gasteiger partial charge < -0.3 is 9.30 Å². The maximum Gasteiger partial charge on any atom is 0.350 e. The van der Waals surface area contributed by atoms with Crippen LogP contribution in [0.5, 0.6) is 0 Å². The summed E-state index contributed by atoms with van der Waals surface area (Å²) in [6.07, 6.45) is 1.70. The predicted octanol–water partition coefficient (Wildman–Crippen LogP) is 3.65. The summed E-state index contributed by atoms with van der Waals surface area (Å²) in [4.78, 5) is 25.2. The van der Waals surface area contributed by atoms with Gasteiger partial charge in [-0.2, -0.15) is 0 Å². The Morgan fingerprint density at radius 2 is 2.04 bits per heavy atom. The van der Waals surface area contributed by atoms with E-state index in [0.29, 0.717) is 28.4 Å². The minimum absolute atomic E-state index is 0. The molecule has 1 aromatic carbocycles. The zero-order valence-corrected chi connectivity index (χ0v) is 17.5. The van der Waals surface area contributed by atoms with Gasteiger partial charge in [0.2, 0.25) is 4.80 Å². The Kier molecular flexibility index (Phi) is 8.77. The van der Waals surface area contributed by atoms with Crippen LogP contribution in [0.4, 0.5) is 0 Å². The zero-order valence-electron chi connectivity index (χ0n) is 14.3. The predicted molar refractivity (Wildman–Crippen MR) is 108 cm³/mol. The van der Waals surface area contributed by atoms with E-state index in [1.807, 2.05) is 6.92 Å². The normalized spacial score (nSPS) is 10.8. The molecule has 0 saturated heterocycles. The van der Waals surface area contributed by atoms with Crippen molar-refractivity contribution in [1.29, 1.82) is 0 Å². The molecule has 0 atom stereocenters. The fourth-order valence-electron chi connectivity index (χ4n) is 2.06. The van der Waals surface area contributed by atoms with Crippen LogP contribution >= 0.6 is 39.7 Å². The van der Waals surface area contributed by atoms with Crippen LogP contribution in [0.2, 0.25) is 0 Å². The van der Waals surface area contributed by atoms with Gasteiger partial charge in [-0.05, 0) is 38.1 Å². The summed E-state index contributed by atoms with van der Waals surface area (Å²) < 4.78 is 7.74. The zero-order chi connectivity index (χ0) is 18.4. The standard InChI is InChI=1S/C17H18BrN3O3S.ClH/c1-4-10-21-11(3)14(16(23)24-5-2)25-17(21)20-19-15(22)12-6-8-13(18)9-7-12;/h4,6-9H,1,5,10H2,2-3H3,(H,19,22);1H/b20-17+;. The molecule has 0 radical (unpaired) electrons. The molecule has 6 nitrogen and oxygen atoms in total. The smallest absolute Gasteiger partial charge is 0.350 e. The Hall–Kier alpha value is -1.90. The number of amides is 1. The number of rotatable bonds is 6. The molecule has 0 spiro atoms. The second-order valence-corrected chi connectivity index (χ2v) is 6.87. The van der Waals surface area contributed by atoms with Crippen LogP contribution in [-0.2, 0) is 11.3 Å². The fourth-order valence-corrected chi connectivity index (χ4v) is 3.32. The molecular formula is C17H19BrClN3O3S. The van der Waals surface area contributed by atoms with E-state index in [4.69, 9.17) is 4.74 Å². The molecule has 0 aliphatic heterocycles. The summed E-state index contributed by atoms with van der Waals surface area (Å²) in [6.45, 7) is 8.04. The van der Waals surface area contributed by atoms with Crippen molar-refractivity contribution in [3.63, 3.8) is 0 Å². The first-order valence-electron chi connectivity index (χ1n) is 7.55. The summed E-state index contributed by atoms with van der Waals surface area (Å²) in [5, 5.41) is 4.16. The molecule has 1 N–H and O–H groups in total. The van der Waals surface area contributed by atoms with E-state index in [1.54, 1.807) is 41.8 Å². The van der Waals surface area contributed by atoms with Crippen molar-refractivity contribution >= 4 is 51.6 Å². The van der Waals surface area contributed by atoms with Gasteiger partial charge in [-0.3, -0.25) is 4.79 Å². The molecule has 0 aliphatic rings. The number of hydrogen-bond acceptors (Lipinski definition) is 5. The third kappa shape index (κ3) is 5.30. The van der Waals surface area contributed by atoms with E-state index in [9.17, 15) is 9.59 Å². The number of benzene rings is 1. The minimum atomic E-state index is -0.400. The first-order chi connectivity index (χ1) is 12.0. The number of nitrogens with zero attached hydrogens (tertiary/aromatic N) is 2. The first kappa shape index (κ1) is 22.1. The first-order valence-corrected chi connectivity index (χ1v) is 9.16. The quantitative estimate of drug-likeness (QED) is 0.406. The van der Waals surface area contributed by atoms with E-state index in [2.05, 4.69) is 33.0 Å². The van der Waals surface area contributed by atoms with Gasteiger partial charge in [0.25, 0.3) is 5.91 Å². The van der Waals surface area contributed by atoms with Gasteiger partial charge in [0.05, 0.1) is 6.61 Å². The van der Waals surface area contributed by atoms with Crippen molar-refractivity contribution in [2.24, 2.45) is 5.10 Å². The van der Waals surface area contributed by atoms with E-state index in [1.165, 1.54) is 11.3 Å². The van der Waals surface area contributed by atoms with Crippen LogP contribution < -0.4 is 10.2 Å². The average molecular weight is 461 g/mol. The van der Waals surface area contributed by atoms with Gasteiger partial charge in [-0.15, -0.1) is 24.1 Å². The van der Waals surface area contributed by atoms with Crippen molar-refractivity contribution in [1.82, 2.24) is 9.99 Å². The number of thiazole rings is 1. The Bertz CT molecular complexity index is 859. The van der Waals surface area contributed by atoms with E-state index in [0.717, 1.165) is 10.2 Å². The van der Waals surface area contributed by atoms with Crippen molar-refractivity contribution in [2.45, 2.75) is 20.4 Å². The van der Waals surface area contributed by atoms with Crippen molar-refractivity contribution in [2.75, 3.05) is 6.61 Å². The molecule has 2 aromatic rings. The third-order valence-electron chi connectivity index (χ3n) is 3.29. The van der Waals surface area contributed by atoms with Gasteiger partial charge >= 0.3 is 5.97 Å². The van der Waals surface area contributed by atoms with Crippen LogP contribution in [0.1, 0.15) is 32.6 Å². The highest BCUT2D eigenvalue weighted by Gasteiger charge is 2.17. The number of ether oxygens (including phenoxy) is 1. The van der Waals surface area contributed by atoms with Crippen LogP contribution in [-0.4, -0.2) is 23.1 Å². The number of halogens is 2. The van der Waals surface area contributed by atoms with Crippen molar-refractivity contribution in [3.05, 3.63) is 62.3 Å². The van der Waals surface area contributed by atoms with Gasteiger partial charge in [0.1, 0.15) is 4.88 Å². The summed E-state index contributed by atoms with van der Waals surface area (Å²) in [7, 11) is 0. The Morgan fingerprint density at radius 3 is 2.62 bits per heavy atom. The van der Waals surface area contributed by atoms with Crippen LogP contribution in [0.15, 0.2) is 46.5 Å². The number of carbonyl (C=O) groups excluding carboxylic acids is 2. The molecule has 26 heavy (non-hydrogen) atoms. The van der Waals surface area contributed by atoms with Gasteiger partial charge in [0.15, 0.2) is 0 Å². The third-order valence-corrected chi connectivity index (χ3v) is 4.98. The second-order valence-electron chi connectivity index (χ2n) is 4.98. The summed E-state index contributed by atoms with van der Waals surface area (Å²) in [5.74, 6) is -0.732. The molecule has 140 valence electrons. The van der Waals surface area contributed by atoms with Crippen molar-refractivity contribution in [3.8, 4) is 0 Å². The summed E-state index contributed by atoms with van der Waals surface area (Å²) in [5.41, 5.74) is 3.73. The summed E-state index contributed by atoms with van der Waals surface area (Å²) >= 11 is 4.49. The Balaban J connectivity index is 0.00000338. The number of esters is 1. The Morgan fingerprint density at radius 1 is 1.38 bits per heavy atom. The summed E-state index contributed by atoms with van der Waals surface area (Å²) in [6, 6.07) is 6.94. The minimum Gasteiger partial charge on any atom is -0.462 e. The lowest BCUT2D eigenvalue weighted by Crippen LogP contribution is -2.24. The molecule has 0 fully saturated rings. The van der Waals surface area contributed by atoms with Crippen LogP contribution in [0.25, 0.3) is 0 Å². The van der Waals surface area contributed by atoms with Gasteiger partial charge in [-0.25, -0.2) is 10.2 Å². The maximum absolute atomic E-state index is 12.2. The molecule has 0 aliphatic carbocycles. The van der Waals surface area contributed by atoms with Gasteiger partial charge in [-0.1, -0.05) is 33.3 Å². The molecule has 0 saturated carbocycles. The van der Waals surface area contributed by atoms with Gasteiger partial charge in [0, 0.05) is 22.3 Å². The monoisotopic (exact) mass is 459 g/mol. The molecule has 1 amide bonds. The molecular weight excluding hydrogens is 442 g/mol. The molecule has 0 bridgehead atoms. The number of aromatic nitrogens is 1. The molecule has 2 rings (SSSR count).